The maximum Gasteiger partial charge on any atom is 0.416 e. The summed E-state index contributed by atoms with van der Waals surface area (Å²) in [7, 11) is 0. The molecule has 1 aliphatic rings. The summed E-state index contributed by atoms with van der Waals surface area (Å²) in [4.78, 5) is 16.4. The SMILES string of the molecule is O=C(COCCOc1ccccc1)N1CCCN(Cc2ccc(C(F)(F)F)cc2)CC1. The normalized spacial score (nSPS) is 15.5. The van der Waals surface area contributed by atoms with Crippen LogP contribution in [0.25, 0.3) is 0 Å². The molecule has 2 aromatic rings. The van der Waals surface area contributed by atoms with Crippen LogP contribution in [0.3, 0.4) is 0 Å². The minimum atomic E-state index is -4.32. The van der Waals surface area contributed by atoms with Crippen LogP contribution >= 0.6 is 0 Å². The van der Waals surface area contributed by atoms with Crippen molar-refractivity contribution in [1.29, 1.82) is 0 Å². The first kappa shape index (κ1) is 23.1. The number of halogens is 3. The summed E-state index contributed by atoms with van der Waals surface area (Å²) in [6, 6.07) is 14.7. The zero-order valence-corrected chi connectivity index (χ0v) is 17.3. The lowest BCUT2D eigenvalue weighted by Gasteiger charge is -2.22. The number of hydrogen-bond acceptors (Lipinski definition) is 4. The summed E-state index contributed by atoms with van der Waals surface area (Å²) >= 11 is 0. The Kier molecular flexibility index (Phi) is 8.31. The van der Waals surface area contributed by atoms with Gasteiger partial charge in [0.1, 0.15) is 19.0 Å². The van der Waals surface area contributed by atoms with Crippen molar-refractivity contribution in [3.63, 3.8) is 0 Å². The Morgan fingerprint density at radius 1 is 0.903 bits per heavy atom. The largest absolute Gasteiger partial charge is 0.491 e. The first-order valence-corrected chi connectivity index (χ1v) is 10.3. The first-order valence-electron chi connectivity index (χ1n) is 10.3. The van der Waals surface area contributed by atoms with Crippen LogP contribution in [0.5, 0.6) is 5.75 Å². The third kappa shape index (κ3) is 7.56. The number of amides is 1. The van der Waals surface area contributed by atoms with E-state index < -0.39 is 11.7 Å². The number of carbonyl (C=O) groups excluding carboxylic acids is 1. The minimum absolute atomic E-state index is 0.0110. The van der Waals surface area contributed by atoms with Crippen molar-refractivity contribution in [3.8, 4) is 5.75 Å². The Balaban J connectivity index is 1.36. The third-order valence-corrected chi connectivity index (χ3v) is 5.09. The fourth-order valence-corrected chi connectivity index (χ4v) is 3.42. The van der Waals surface area contributed by atoms with Crippen LogP contribution in [0.15, 0.2) is 54.6 Å². The quantitative estimate of drug-likeness (QED) is 0.590. The average Bonchev–Trinajstić information content (AvgIpc) is 2.99. The molecule has 0 aliphatic carbocycles. The Hall–Kier alpha value is -2.58. The minimum Gasteiger partial charge on any atom is -0.491 e. The summed E-state index contributed by atoms with van der Waals surface area (Å²) in [6.07, 6.45) is -3.51. The van der Waals surface area contributed by atoms with Crippen LogP contribution in [-0.4, -0.2) is 61.7 Å². The summed E-state index contributed by atoms with van der Waals surface area (Å²) < 4.78 is 49.1. The highest BCUT2D eigenvalue weighted by molar-refractivity contribution is 5.77. The van der Waals surface area contributed by atoms with E-state index in [0.717, 1.165) is 36.4 Å². The second-order valence-electron chi connectivity index (χ2n) is 7.42. The van der Waals surface area contributed by atoms with Gasteiger partial charge in [0.2, 0.25) is 5.91 Å². The van der Waals surface area contributed by atoms with Crippen molar-refractivity contribution < 1.29 is 27.4 Å². The average molecular weight is 436 g/mol. The Morgan fingerprint density at radius 3 is 2.35 bits per heavy atom. The first-order chi connectivity index (χ1) is 14.9. The molecule has 168 valence electrons. The standard InChI is InChI=1S/C23H27F3N2O3/c24-23(25,26)20-9-7-19(8-10-20)17-27-11-4-12-28(14-13-27)22(29)18-30-15-16-31-21-5-2-1-3-6-21/h1-3,5-10H,4,11-18H2. The summed E-state index contributed by atoms with van der Waals surface area (Å²) in [5.41, 5.74) is 0.188. The Labute approximate surface area is 180 Å². The molecule has 1 aliphatic heterocycles. The van der Waals surface area contributed by atoms with Gasteiger partial charge in [0.25, 0.3) is 0 Å². The zero-order chi connectivity index (χ0) is 22.1. The number of nitrogens with zero attached hydrogens (tertiary/aromatic N) is 2. The van der Waals surface area contributed by atoms with Crippen LogP contribution in [0.2, 0.25) is 0 Å². The molecule has 1 amide bonds. The molecule has 1 heterocycles. The van der Waals surface area contributed by atoms with E-state index in [2.05, 4.69) is 4.90 Å². The van der Waals surface area contributed by atoms with Gasteiger partial charge >= 0.3 is 6.18 Å². The lowest BCUT2D eigenvalue weighted by molar-refractivity contribution is -0.137. The zero-order valence-electron chi connectivity index (χ0n) is 17.3. The number of rotatable bonds is 8. The molecule has 0 unspecified atom stereocenters. The third-order valence-electron chi connectivity index (χ3n) is 5.09. The lowest BCUT2D eigenvalue weighted by Crippen LogP contribution is -2.37. The molecule has 0 spiro atoms. The molecule has 0 N–H and O–H groups in total. The number of benzene rings is 2. The van der Waals surface area contributed by atoms with Crippen LogP contribution in [0, 0.1) is 0 Å². The highest BCUT2D eigenvalue weighted by atomic mass is 19.4. The van der Waals surface area contributed by atoms with Crippen molar-refractivity contribution in [2.45, 2.75) is 19.1 Å². The van der Waals surface area contributed by atoms with Crippen molar-refractivity contribution in [3.05, 3.63) is 65.7 Å². The molecule has 31 heavy (non-hydrogen) atoms. The Morgan fingerprint density at radius 2 is 1.65 bits per heavy atom. The Bertz CT molecular complexity index is 813. The van der Waals surface area contributed by atoms with Gasteiger partial charge in [-0.25, -0.2) is 0 Å². The van der Waals surface area contributed by atoms with Gasteiger partial charge in [-0.05, 0) is 36.2 Å². The van der Waals surface area contributed by atoms with Crippen LogP contribution in [0.1, 0.15) is 17.5 Å². The van der Waals surface area contributed by atoms with E-state index in [1.165, 1.54) is 12.1 Å². The van der Waals surface area contributed by atoms with Gasteiger partial charge in [0.05, 0.1) is 12.2 Å². The molecule has 1 saturated heterocycles. The van der Waals surface area contributed by atoms with E-state index in [1.54, 1.807) is 4.90 Å². The summed E-state index contributed by atoms with van der Waals surface area (Å²) in [5.74, 6) is 0.703. The molecular weight excluding hydrogens is 409 g/mol. The number of para-hydroxylation sites is 1. The molecule has 0 radical (unpaired) electrons. The fourth-order valence-electron chi connectivity index (χ4n) is 3.42. The number of carbonyl (C=O) groups is 1. The second-order valence-corrected chi connectivity index (χ2v) is 7.42. The second kappa shape index (κ2) is 11.2. The maximum absolute atomic E-state index is 12.7. The van der Waals surface area contributed by atoms with Crippen LogP contribution in [0.4, 0.5) is 13.2 Å². The van der Waals surface area contributed by atoms with Crippen molar-refractivity contribution in [1.82, 2.24) is 9.80 Å². The van der Waals surface area contributed by atoms with Crippen molar-refractivity contribution in [2.75, 3.05) is 46.0 Å². The maximum atomic E-state index is 12.7. The van der Waals surface area contributed by atoms with E-state index in [-0.39, 0.29) is 12.5 Å². The predicted molar refractivity (Wildman–Crippen MR) is 111 cm³/mol. The molecule has 0 bridgehead atoms. The van der Waals surface area contributed by atoms with Gasteiger partial charge in [0, 0.05) is 32.7 Å². The monoisotopic (exact) mass is 436 g/mol. The van der Waals surface area contributed by atoms with Crippen LogP contribution in [-0.2, 0) is 22.3 Å². The molecule has 5 nitrogen and oxygen atoms in total. The summed E-state index contributed by atoms with van der Waals surface area (Å²) in [6.45, 7) is 3.95. The molecule has 3 rings (SSSR count). The van der Waals surface area contributed by atoms with Gasteiger partial charge in [-0.3, -0.25) is 9.69 Å². The van der Waals surface area contributed by atoms with E-state index in [4.69, 9.17) is 9.47 Å². The molecule has 1 fully saturated rings. The molecule has 2 aromatic carbocycles. The van der Waals surface area contributed by atoms with E-state index in [9.17, 15) is 18.0 Å². The highest BCUT2D eigenvalue weighted by Crippen LogP contribution is 2.29. The topological polar surface area (TPSA) is 42.0 Å². The number of hydrogen-bond donors (Lipinski definition) is 0. The van der Waals surface area contributed by atoms with Gasteiger partial charge in [-0.1, -0.05) is 30.3 Å². The smallest absolute Gasteiger partial charge is 0.416 e. The van der Waals surface area contributed by atoms with Crippen molar-refractivity contribution in [2.24, 2.45) is 0 Å². The molecule has 0 saturated carbocycles. The van der Waals surface area contributed by atoms with E-state index >= 15 is 0 Å². The molecule has 8 heteroatoms. The number of ether oxygens (including phenoxy) is 2. The van der Waals surface area contributed by atoms with Gasteiger partial charge in [-0.15, -0.1) is 0 Å². The van der Waals surface area contributed by atoms with Gasteiger partial charge < -0.3 is 14.4 Å². The van der Waals surface area contributed by atoms with Gasteiger partial charge in [0.15, 0.2) is 0 Å². The fraction of sp³-hybridized carbons (Fsp3) is 0.435. The molecule has 0 aromatic heterocycles. The molecule has 0 atom stereocenters. The van der Waals surface area contributed by atoms with E-state index in [0.29, 0.717) is 39.4 Å². The lowest BCUT2D eigenvalue weighted by atomic mass is 10.1. The highest BCUT2D eigenvalue weighted by Gasteiger charge is 2.30. The van der Waals surface area contributed by atoms with Crippen LogP contribution < -0.4 is 4.74 Å². The summed E-state index contributed by atoms with van der Waals surface area (Å²) in [5, 5.41) is 0. The predicted octanol–water partition coefficient (Wildman–Crippen LogP) is 3.84. The van der Waals surface area contributed by atoms with Gasteiger partial charge in [-0.2, -0.15) is 13.2 Å². The number of alkyl halides is 3. The van der Waals surface area contributed by atoms with E-state index in [1.807, 2.05) is 30.3 Å². The molecular formula is C23H27F3N2O3. The van der Waals surface area contributed by atoms with Crippen molar-refractivity contribution >= 4 is 5.91 Å².